The van der Waals surface area contributed by atoms with Crippen molar-refractivity contribution in [1.82, 2.24) is 55.2 Å². The Kier molecular flexibility index (Phi) is 16.0. The summed E-state index contributed by atoms with van der Waals surface area (Å²) in [5.74, 6) is 1.12. The van der Waals surface area contributed by atoms with Crippen LogP contribution < -0.4 is 25.3 Å². The molecule has 3 atom stereocenters. The van der Waals surface area contributed by atoms with Gasteiger partial charge in [0.15, 0.2) is 22.9 Å². The number of H-pyrrole nitrogens is 2. The number of carbonyl (C=O) groups is 3. The number of nitrogens with one attached hydrogen (secondary N) is 5. The second kappa shape index (κ2) is 22.2. The van der Waals surface area contributed by atoms with E-state index >= 15 is 0 Å². The van der Waals surface area contributed by atoms with Crippen molar-refractivity contribution in [2.24, 2.45) is 0 Å². The summed E-state index contributed by atoms with van der Waals surface area (Å²) in [4.78, 5) is 42.2. The lowest BCUT2D eigenvalue weighted by Gasteiger charge is -2.42. The van der Waals surface area contributed by atoms with Crippen LogP contribution in [-0.4, -0.2) is 78.5 Å². The summed E-state index contributed by atoms with van der Waals surface area (Å²) in [5, 5.41) is 29.6. The number of rotatable bonds is 13. The van der Waals surface area contributed by atoms with Gasteiger partial charge in [-0.15, -0.1) is 20.4 Å². The van der Waals surface area contributed by atoms with E-state index in [1.165, 1.54) is 12.8 Å². The molecule has 9 rings (SSSR count). The highest BCUT2D eigenvalue weighted by Crippen LogP contribution is 2.33. The van der Waals surface area contributed by atoms with Gasteiger partial charge in [-0.05, 0) is 107 Å². The van der Waals surface area contributed by atoms with Crippen molar-refractivity contribution in [3.63, 3.8) is 0 Å². The summed E-state index contributed by atoms with van der Waals surface area (Å²) < 4.78 is 25.4. The summed E-state index contributed by atoms with van der Waals surface area (Å²) in [5.41, 5.74) is 13.4. The Labute approximate surface area is 436 Å². The first-order chi connectivity index (χ1) is 35.1. The zero-order valence-electron chi connectivity index (χ0n) is 44.5. The van der Waals surface area contributed by atoms with Crippen LogP contribution in [0.4, 0.5) is 11.4 Å². The molecule has 7 aromatic rings. The fourth-order valence-electron chi connectivity index (χ4n) is 9.80. The molecule has 3 aromatic carbocycles. The lowest BCUT2D eigenvalue weighted by molar-refractivity contribution is 0.0448. The second-order valence-corrected chi connectivity index (χ2v) is 22.9. The minimum absolute atomic E-state index is 0.0247. The molecule has 3 amide bonds. The first-order valence-corrected chi connectivity index (χ1v) is 27.0. The van der Waals surface area contributed by atoms with Gasteiger partial charge in [0.25, 0.3) is 17.7 Å². The molecule has 0 saturated heterocycles. The largest absolute Gasteiger partial charge is 0.399 e. The molecule has 2 aliphatic carbocycles. The van der Waals surface area contributed by atoms with Gasteiger partial charge in [-0.3, -0.25) is 29.3 Å². The van der Waals surface area contributed by atoms with Gasteiger partial charge in [0, 0.05) is 68.8 Å². The van der Waals surface area contributed by atoms with Crippen LogP contribution in [0.2, 0.25) is 0 Å². The highest BCUT2D eigenvalue weighted by molar-refractivity contribution is 7.82. The Morgan fingerprint density at radius 1 is 0.676 bits per heavy atom. The smallest absolute Gasteiger partial charge is 0.316 e. The number of fused-ring (bicyclic) bond motifs is 2. The molecule has 2 aliphatic rings. The summed E-state index contributed by atoms with van der Waals surface area (Å²) in [6.07, 6.45) is 11.3. The number of hydrogen-bond donors (Lipinski definition) is 6. The SMILES string of the molecule is Cc1ccc(N)cc1C(=O)NC(C)c1nnc2cc(C(C)(C)C)[nH]n12.Cc1ccc(NS(=O)Oc2cccc(C(=O)N(C3CCCCC3)C3CCCCC3)c2)cc1C(=O)NC(C)c1nnc2cc(C(C)(C)C)[nH]n12. The van der Waals surface area contributed by atoms with Crippen LogP contribution in [0.15, 0.2) is 72.8 Å². The fourth-order valence-corrected chi connectivity index (χ4v) is 10.4. The molecule has 2 saturated carbocycles. The molecular formula is C55H73N13O5S. The Morgan fingerprint density at radius 3 is 1.66 bits per heavy atom. The minimum atomic E-state index is -1.98. The second-order valence-electron chi connectivity index (χ2n) is 22.1. The van der Waals surface area contributed by atoms with E-state index in [1.54, 1.807) is 53.0 Å². The van der Waals surface area contributed by atoms with Gasteiger partial charge >= 0.3 is 11.3 Å². The van der Waals surface area contributed by atoms with Gasteiger partial charge in [-0.25, -0.2) is 9.03 Å². The Bertz CT molecular complexity index is 3130. The topological polar surface area (TPSA) is 235 Å². The lowest BCUT2D eigenvalue weighted by atomic mass is 9.88. The van der Waals surface area contributed by atoms with Crippen LogP contribution in [0.1, 0.15) is 197 Å². The number of nitrogens with two attached hydrogens (primary N) is 1. The summed E-state index contributed by atoms with van der Waals surface area (Å²) in [6.45, 7) is 20.2. The highest BCUT2D eigenvalue weighted by Gasteiger charge is 2.33. The quantitative estimate of drug-likeness (QED) is 0.0598. The number of nitrogens with zero attached hydrogens (tertiary/aromatic N) is 7. The van der Waals surface area contributed by atoms with E-state index in [4.69, 9.17) is 9.92 Å². The minimum Gasteiger partial charge on any atom is -0.399 e. The summed E-state index contributed by atoms with van der Waals surface area (Å²) in [7, 11) is 0. The van der Waals surface area contributed by atoms with Crippen LogP contribution in [0.5, 0.6) is 5.75 Å². The summed E-state index contributed by atoms with van der Waals surface area (Å²) >= 11 is -1.98. The van der Waals surface area contributed by atoms with E-state index in [9.17, 15) is 18.6 Å². The first-order valence-electron chi connectivity index (χ1n) is 25.9. The van der Waals surface area contributed by atoms with E-state index in [0.717, 1.165) is 79.5 Å². The maximum Gasteiger partial charge on any atom is 0.316 e. The number of amides is 3. The van der Waals surface area contributed by atoms with Crippen LogP contribution in [0, 0.1) is 13.8 Å². The Balaban J connectivity index is 0.000000244. The zero-order valence-corrected chi connectivity index (χ0v) is 45.3. The number of aromatic amines is 2. The van der Waals surface area contributed by atoms with Gasteiger partial charge < -0.3 is 25.5 Å². The van der Waals surface area contributed by atoms with Crippen molar-refractivity contribution >= 4 is 51.7 Å². The molecule has 18 nitrogen and oxygen atoms in total. The van der Waals surface area contributed by atoms with E-state index < -0.39 is 17.3 Å². The maximum atomic E-state index is 14.0. The Morgan fingerprint density at radius 2 is 1.16 bits per heavy atom. The van der Waals surface area contributed by atoms with Crippen LogP contribution in [-0.2, 0) is 22.1 Å². The molecule has 3 unspecified atom stereocenters. The third kappa shape index (κ3) is 12.3. The van der Waals surface area contributed by atoms with E-state index in [0.29, 0.717) is 51.1 Å². The van der Waals surface area contributed by atoms with Crippen molar-refractivity contribution in [2.45, 2.75) is 168 Å². The van der Waals surface area contributed by atoms with Crippen LogP contribution in [0.3, 0.4) is 0 Å². The van der Waals surface area contributed by atoms with Crippen molar-refractivity contribution in [2.75, 3.05) is 10.5 Å². The van der Waals surface area contributed by atoms with Crippen molar-refractivity contribution < 1.29 is 22.8 Å². The number of hydrogen-bond acceptors (Lipinski definition) is 10. The van der Waals surface area contributed by atoms with Gasteiger partial charge in [0.05, 0.1) is 17.8 Å². The predicted octanol–water partition coefficient (Wildman–Crippen LogP) is 10.1. The molecule has 7 N–H and O–H groups in total. The molecule has 0 bridgehead atoms. The molecule has 4 aromatic heterocycles. The number of aryl methyl sites for hydroxylation is 2. The Hall–Kier alpha value is -7.02. The standard InChI is InChI=1S/C37H49N7O4S.C18H24N6O/c1-24-19-20-27(22-31(24)35(45)38-25(2)34-40-39-33-23-32(37(3,4)5)41-44(33)34)42-49(47)48-30-18-12-13-26(21-30)36(46)43(28-14-8-6-9-15-28)29-16-10-7-11-17-29;1-10-6-7-12(19)8-13(10)17(25)20-11(2)16-22-21-15-9-14(18(3,4)5)23-24(15)16/h12-13,18-23,25,28-29,41-42H,6-11,14-17H2,1-5H3,(H,38,45);6-9,11,23H,19H2,1-5H3,(H,20,25). The van der Waals surface area contributed by atoms with E-state index in [-0.39, 0.29) is 46.7 Å². The fraction of sp³-hybridized carbons (Fsp3) is 0.473. The van der Waals surface area contributed by atoms with Crippen molar-refractivity contribution in [1.29, 1.82) is 0 Å². The summed E-state index contributed by atoms with van der Waals surface area (Å²) in [6, 6.07) is 21.2. The number of benzene rings is 3. The molecular weight excluding hydrogens is 955 g/mol. The molecule has 394 valence electrons. The van der Waals surface area contributed by atoms with Crippen LogP contribution >= 0.6 is 0 Å². The monoisotopic (exact) mass is 1030 g/mol. The lowest BCUT2D eigenvalue weighted by Crippen LogP contribution is -2.48. The number of anilines is 2. The van der Waals surface area contributed by atoms with Crippen molar-refractivity contribution in [3.05, 3.63) is 124 Å². The molecule has 74 heavy (non-hydrogen) atoms. The van der Waals surface area contributed by atoms with Gasteiger partial charge in [0.2, 0.25) is 0 Å². The van der Waals surface area contributed by atoms with E-state index in [1.807, 2.05) is 56.5 Å². The van der Waals surface area contributed by atoms with Crippen LogP contribution in [0.25, 0.3) is 11.3 Å². The average molecular weight is 1030 g/mol. The van der Waals surface area contributed by atoms with Gasteiger partial charge in [0.1, 0.15) is 5.75 Å². The normalized spacial score (nSPS) is 16.0. The third-order valence-corrected chi connectivity index (χ3v) is 14.9. The van der Waals surface area contributed by atoms with Crippen molar-refractivity contribution in [3.8, 4) is 5.75 Å². The predicted molar refractivity (Wildman–Crippen MR) is 289 cm³/mol. The van der Waals surface area contributed by atoms with Gasteiger partial charge in [-0.1, -0.05) is 98.3 Å². The third-order valence-electron chi connectivity index (χ3n) is 14.1. The van der Waals surface area contributed by atoms with Gasteiger partial charge in [-0.2, -0.15) is 4.21 Å². The average Bonchev–Trinajstić information content (AvgIpc) is 4.16. The maximum absolute atomic E-state index is 14.0. The molecule has 0 aliphatic heterocycles. The molecule has 0 spiro atoms. The zero-order chi connectivity index (χ0) is 53.1. The highest BCUT2D eigenvalue weighted by atomic mass is 32.2. The molecule has 2 fully saturated rings. The number of aromatic nitrogens is 8. The molecule has 0 radical (unpaired) electrons. The molecule has 19 heteroatoms. The first kappa shape index (κ1) is 53.3. The number of carbonyl (C=O) groups excluding carboxylic acids is 3. The van der Waals surface area contributed by atoms with E-state index in [2.05, 4.69) is 92.4 Å². The number of nitrogen functional groups attached to an aromatic ring is 1. The molecule has 4 heterocycles.